The Labute approximate surface area is 116 Å². The summed E-state index contributed by atoms with van der Waals surface area (Å²) < 4.78 is 23.3. The Morgan fingerprint density at radius 2 is 2.05 bits per heavy atom. The average molecular weight is 304 g/mol. The number of imide groups is 1. The minimum atomic E-state index is -3.30. The van der Waals surface area contributed by atoms with Gasteiger partial charge in [-0.15, -0.1) is 0 Å². The molecule has 2 fully saturated rings. The van der Waals surface area contributed by atoms with Crippen molar-refractivity contribution in [2.45, 2.75) is 24.9 Å². The Hall–Kier alpha value is -1.48. The van der Waals surface area contributed by atoms with Gasteiger partial charge in [-0.3, -0.25) is 24.2 Å². The van der Waals surface area contributed by atoms with E-state index in [2.05, 4.69) is 0 Å². The van der Waals surface area contributed by atoms with Gasteiger partial charge < -0.3 is 5.11 Å². The Morgan fingerprint density at radius 3 is 2.55 bits per heavy atom. The number of aliphatic carboxylic acids is 1. The number of nitrogens with zero attached hydrogens (tertiary/aromatic N) is 2. The molecule has 2 aliphatic heterocycles. The highest BCUT2D eigenvalue weighted by molar-refractivity contribution is 7.91. The molecule has 8 nitrogen and oxygen atoms in total. The zero-order valence-electron chi connectivity index (χ0n) is 11.0. The molecule has 2 rings (SSSR count). The molecule has 2 amide bonds. The summed E-state index contributed by atoms with van der Waals surface area (Å²) in [7, 11) is -1.93. The van der Waals surface area contributed by atoms with Gasteiger partial charge in [-0.05, 0) is 0 Å². The van der Waals surface area contributed by atoms with Gasteiger partial charge in [0.15, 0.2) is 9.84 Å². The van der Waals surface area contributed by atoms with Crippen molar-refractivity contribution in [2.75, 3.05) is 25.1 Å². The van der Waals surface area contributed by atoms with Crippen LogP contribution in [0.3, 0.4) is 0 Å². The maximum atomic E-state index is 12.0. The molecule has 2 unspecified atom stereocenters. The second-order valence-electron chi connectivity index (χ2n) is 5.11. The van der Waals surface area contributed by atoms with Crippen molar-refractivity contribution < 1.29 is 27.9 Å². The number of carbonyl (C=O) groups is 3. The topological polar surface area (TPSA) is 112 Å². The maximum Gasteiger partial charge on any atom is 0.304 e. The first-order valence-electron chi connectivity index (χ1n) is 6.19. The van der Waals surface area contributed by atoms with Crippen LogP contribution in [0.15, 0.2) is 0 Å². The monoisotopic (exact) mass is 304 g/mol. The van der Waals surface area contributed by atoms with Crippen molar-refractivity contribution >= 4 is 27.6 Å². The van der Waals surface area contributed by atoms with E-state index in [1.807, 2.05) is 0 Å². The highest BCUT2D eigenvalue weighted by atomic mass is 32.2. The molecule has 0 spiro atoms. The number of likely N-dealkylation sites (N-methyl/N-ethyl adjacent to an activating group) is 1. The van der Waals surface area contributed by atoms with E-state index in [9.17, 15) is 22.8 Å². The second-order valence-corrected chi connectivity index (χ2v) is 7.34. The van der Waals surface area contributed by atoms with E-state index < -0.39 is 33.8 Å². The Morgan fingerprint density at radius 1 is 1.40 bits per heavy atom. The maximum absolute atomic E-state index is 12.0. The van der Waals surface area contributed by atoms with Gasteiger partial charge in [-0.25, -0.2) is 8.42 Å². The van der Waals surface area contributed by atoms with Crippen LogP contribution in [0, 0.1) is 0 Å². The Kier molecular flexibility index (Phi) is 3.83. The fraction of sp³-hybridized carbons (Fsp3) is 0.727. The molecule has 0 aromatic rings. The minimum Gasteiger partial charge on any atom is -0.481 e. The number of hydrogen-bond donors (Lipinski definition) is 1. The van der Waals surface area contributed by atoms with Gasteiger partial charge in [0.2, 0.25) is 11.8 Å². The van der Waals surface area contributed by atoms with Gasteiger partial charge in [0.25, 0.3) is 0 Å². The Bertz CT molecular complexity index is 557. The predicted molar refractivity (Wildman–Crippen MR) is 67.6 cm³/mol. The van der Waals surface area contributed by atoms with Crippen molar-refractivity contribution in [1.29, 1.82) is 0 Å². The SMILES string of the molecule is CN1C(=O)CC(N2CCS(=O)(=O)CC2CC(=O)O)C1=O. The van der Waals surface area contributed by atoms with Gasteiger partial charge in [-0.1, -0.05) is 0 Å². The van der Waals surface area contributed by atoms with Gasteiger partial charge in [0.05, 0.1) is 30.4 Å². The number of rotatable bonds is 3. The van der Waals surface area contributed by atoms with Crippen molar-refractivity contribution in [3.63, 3.8) is 0 Å². The first-order valence-corrected chi connectivity index (χ1v) is 8.02. The molecular formula is C11H16N2O6S. The van der Waals surface area contributed by atoms with Crippen molar-refractivity contribution in [2.24, 2.45) is 0 Å². The molecule has 0 radical (unpaired) electrons. The summed E-state index contributed by atoms with van der Waals surface area (Å²) in [5, 5.41) is 8.88. The fourth-order valence-corrected chi connectivity index (χ4v) is 4.23. The first kappa shape index (κ1) is 14.9. The third kappa shape index (κ3) is 2.83. The van der Waals surface area contributed by atoms with Crippen LogP contribution < -0.4 is 0 Å². The van der Waals surface area contributed by atoms with Crippen LogP contribution in [0.5, 0.6) is 0 Å². The quantitative estimate of drug-likeness (QED) is 0.619. The number of hydrogen-bond acceptors (Lipinski definition) is 6. The largest absolute Gasteiger partial charge is 0.481 e. The van der Waals surface area contributed by atoms with Crippen LogP contribution in [0.4, 0.5) is 0 Å². The van der Waals surface area contributed by atoms with Crippen LogP contribution >= 0.6 is 0 Å². The summed E-state index contributed by atoms with van der Waals surface area (Å²) in [6.07, 6.45) is -0.383. The lowest BCUT2D eigenvalue weighted by Gasteiger charge is -2.37. The van der Waals surface area contributed by atoms with Crippen molar-refractivity contribution in [1.82, 2.24) is 9.80 Å². The summed E-state index contributed by atoms with van der Waals surface area (Å²) >= 11 is 0. The van der Waals surface area contributed by atoms with E-state index in [0.717, 1.165) is 4.90 Å². The van der Waals surface area contributed by atoms with Gasteiger partial charge in [0, 0.05) is 19.6 Å². The first-order chi connectivity index (χ1) is 9.21. The molecular weight excluding hydrogens is 288 g/mol. The van der Waals surface area contributed by atoms with E-state index in [4.69, 9.17) is 5.11 Å². The molecule has 2 saturated heterocycles. The van der Waals surface area contributed by atoms with Crippen molar-refractivity contribution in [3.8, 4) is 0 Å². The van der Waals surface area contributed by atoms with E-state index in [1.165, 1.54) is 7.05 Å². The second kappa shape index (κ2) is 5.13. The van der Waals surface area contributed by atoms with E-state index in [-0.39, 0.29) is 36.8 Å². The lowest BCUT2D eigenvalue weighted by Crippen LogP contribution is -2.55. The number of carbonyl (C=O) groups excluding carboxylic acids is 2. The normalized spacial score (nSPS) is 30.8. The molecule has 9 heteroatoms. The van der Waals surface area contributed by atoms with E-state index in [1.54, 1.807) is 4.90 Å². The number of carboxylic acids is 1. The lowest BCUT2D eigenvalue weighted by molar-refractivity contribution is -0.141. The van der Waals surface area contributed by atoms with Crippen molar-refractivity contribution in [3.05, 3.63) is 0 Å². The van der Waals surface area contributed by atoms with Crippen LogP contribution in [-0.4, -0.2) is 78.3 Å². The molecule has 0 bridgehead atoms. The van der Waals surface area contributed by atoms with Gasteiger partial charge >= 0.3 is 5.97 Å². The number of likely N-dealkylation sites (tertiary alicyclic amines) is 1. The summed E-state index contributed by atoms with van der Waals surface area (Å²) in [6, 6.07) is -1.51. The number of amides is 2. The molecule has 20 heavy (non-hydrogen) atoms. The van der Waals surface area contributed by atoms with E-state index in [0.29, 0.717) is 0 Å². The highest BCUT2D eigenvalue weighted by Crippen LogP contribution is 2.24. The summed E-state index contributed by atoms with van der Waals surface area (Å²) in [4.78, 5) is 36.9. The van der Waals surface area contributed by atoms with Crippen LogP contribution in [0.2, 0.25) is 0 Å². The number of sulfone groups is 1. The smallest absolute Gasteiger partial charge is 0.304 e. The lowest BCUT2D eigenvalue weighted by atomic mass is 10.1. The Balaban J connectivity index is 2.22. The highest BCUT2D eigenvalue weighted by Gasteiger charge is 2.45. The zero-order valence-corrected chi connectivity index (χ0v) is 11.8. The predicted octanol–water partition coefficient (Wildman–Crippen LogP) is -1.68. The molecule has 112 valence electrons. The molecule has 0 saturated carbocycles. The third-order valence-corrected chi connectivity index (χ3v) is 5.44. The van der Waals surface area contributed by atoms with Crippen LogP contribution in [0.1, 0.15) is 12.8 Å². The van der Waals surface area contributed by atoms with Gasteiger partial charge in [0.1, 0.15) is 0 Å². The number of carboxylic acid groups (broad SMARTS) is 1. The average Bonchev–Trinajstić information content (AvgIpc) is 2.55. The summed E-state index contributed by atoms with van der Waals surface area (Å²) in [5.41, 5.74) is 0. The van der Waals surface area contributed by atoms with Crippen LogP contribution in [0.25, 0.3) is 0 Å². The standard InChI is InChI=1S/C11H16N2O6S/c1-12-9(14)5-8(11(12)17)13-2-3-20(18,19)6-7(13)4-10(15)16/h7-8H,2-6H2,1H3,(H,15,16). The summed E-state index contributed by atoms with van der Waals surface area (Å²) in [5.74, 6) is -2.26. The fourth-order valence-electron chi connectivity index (χ4n) is 2.68. The van der Waals surface area contributed by atoms with E-state index >= 15 is 0 Å². The molecule has 2 atom stereocenters. The molecule has 2 aliphatic rings. The third-order valence-electron chi connectivity index (χ3n) is 3.74. The molecule has 0 aromatic heterocycles. The molecule has 2 heterocycles. The molecule has 1 N–H and O–H groups in total. The van der Waals surface area contributed by atoms with Gasteiger partial charge in [-0.2, -0.15) is 0 Å². The van der Waals surface area contributed by atoms with Crippen LogP contribution in [-0.2, 0) is 24.2 Å². The molecule has 0 aliphatic carbocycles. The summed E-state index contributed by atoms with van der Waals surface area (Å²) in [6.45, 7) is 0.0812. The zero-order chi connectivity index (χ0) is 15.1. The molecule has 0 aromatic carbocycles. The minimum absolute atomic E-state index is 0.0223.